The van der Waals surface area contributed by atoms with Crippen LogP contribution in [-0.4, -0.2) is 36.3 Å². The average molecular weight is 388 g/mol. The number of para-hydroxylation sites is 2. The number of benzene rings is 2. The maximum Gasteiger partial charge on any atom is 0.257 e. The molecule has 0 aliphatic rings. The second kappa shape index (κ2) is 9.05. The van der Waals surface area contributed by atoms with Gasteiger partial charge in [-0.25, -0.2) is 0 Å². The van der Waals surface area contributed by atoms with Crippen molar-refractivity contribution in [3.63, 3.8) is 0 Å². The number of carbonyl (C=O) groups excluding carboxylic acids is 1. The second-order valence-electron chi connectivity index (χ2n) is 5.56. The van der Waals surface area contributed by atoms with Crippen LogP contribution in [0.4, 0.5) is 0 Å². The smallest absolute Gasteiger partial charge is 0.257 e. The lowest BCUT2D eigenvalue weighted by Crippen LogP contribution is -2.30. The molecule has 1 amide bonds. The number of nitrogens with zero attached hydrogens (tertiary/aromatic N) is 2. The normalized spacial score (nSPS) is 10.4. The molecule has 8 heteroatoms. The standard InChI is InChI=1S/C19H18ClN3O4/c1-25-15-4-2-3-5-16(15)26-12-17(24)21-11-10-18-22-19(23-27-18)13-6-8-14(20)9-7-13/h2-9H,10-12H2,1H3,(H,21,24). The number of nitrogens with one attached hydrogen (secondary N) is 1. The third-order valence-electron chi connectivity index (χ3n) is 3.66. The number of carbonyl (C=O) groups is 1. The van der Waals surface area contributed by atoms with Gasteiger partial charge in [-0.2, -0.15) is 4.98 Å². The molecule has 0 atom stereocenters. The molecule has 0 spiro atoms. The van der Waals surface area contributed by atoms with Gasteiger partial charge in [0.2, 0.25) is 11.7 Å². The van der Waals surface area contributed by atoms with Gasteiger partial charge < -0.3 is 19.3 Å². The first-order valence-corrected chi connectivity index (χ1v) is 8.64. The third-order valence-corrected chi connectivity index (χ3v) is 3.91. The summed E-state index contributed by atoms with van der Waals surface area (Å²) in [6.45, 7) is 0.247. The van der Waals surface area contributed by atoms with Gasteiger partial charge in [0.05, 0.1) is 7.11 Å². The van der Waals surface area contributed by atoms with E-state index in [-0.39, 0.29) is 12.5 Å². The summed E-state index contributed by atoms with van der Waals surface area (Å²) in [4.78, 5) is 16.2. The molecule has 0 saturated heterocycles. The fourth-order valence-corrected chi connectivity index (χ4v) is 2.44. The summed E-state index contributed by atoms with van der Waals surface area (Å²) < 4.78 is 15.8. The van der Waals surface area contributed by atoms with E-state index in [0.29, 0.717) is 41.2 Å². The molecule has 2 aromatic carbocycles. The van der Waals surface area contributed by atoms with Crippen LogP contribution in [0.5, 0.6) is 11.5 Å². The summed E-state index contributed by atoms with van der Waals surface area (Å²) in [5.74, 6) is 1.75. The Bertz CT molecular complexity index is 896. The molecule has 0 bridgehead atoms. The van der Waals surface area contributed by atoms with E-state index in [1.807, 2.05) is 24.3 Å². The van der Waals surface area contributed by atoms with E-state index in [2.05, 4.69) is 15.5 Å². The lowest BCUT2D eigenvalue weighted by atomic mass is 10.2. The minimum atomic E-state index is -0.252. The molecular weight excluding hydrogens is 370 g/mol. The minimum Gasteiger partial charge on any atom is -0.493 e. The van der Waals surface area contributed by atoms with E-state index in [0.717, 1.165) is 5.56 Å². The van der Waals surface area contributed by atoms with E-state index in [1.165, 1.54) is 0 Å². The summed E-state index contributed by atoms with van der Waals surface area (Å²) in [6, 6.07) is 14.3. The minimum absolute atomic E-state index is 0.111. The number of hydrogen-bond donors (Lipinski definition) is 1. The number of methoxy groups -OCH3 is 1. The van der Waals surface area contributed by atoms with Crippen molar-refractivity contribution in [2.45, 2.75) is 6.42 Å². The highest BCUT2D eigenvalue weighted by atomic mass is 35.5. The van der Waals surface area contributed by atoms with Gasteiger partial charge >= 0.3 is 0 Å². The van der Waals surface area contributed by atoms with E-state index < -0.39 is 0 Å². The summed E-state index contributed by atoms with van der Waals surface area (Å²) in [5.41, 5.74) is 0.809. The molecule has 0 aliphatic heterocycles. The van der Waals surface area contributed by atoms with Crippen molar-refractivity contribution in [1.82, 2.24) is 15.5 Å². The van der Waals surface area contributed by atoms with E-state index >= 15 is 0 Å². The van der Waals surface area contributed by atoms with E-state index in [1.54, 1.807) is 31.4 Å². The molecule has 0 aliphatic carbocycles. The van der Waals surface area contributed by atoms with Crippen LogP contribution in [0.15, 0.2) is 53.1 Å². The van der Waals surface area contributed by atoms with Crippen molar-refractivity contribution in [1.29, 1.82) is 0 Å². The molecule has 27 heavy (non-hydrogen) atoms. The molecule has 1 heterocycles. The first kappa shape index (κ1) is 18.7. The highest BCUT2D eigenvalue weighted by Crippen LogP contribution is 2.25. The maximum absolute atomic E-state index is 11.9. The summed E-state index contributed by atoms with van der Waals surface area (Å²) in [7, 11) is 1.55. The molecule has 3 rings (SSSR count). The van der Waals surface area contributed by atoms with Crippen LogP contribution in [-0.2, 0) is 11.2 Å². The molecular formula is C19H18ClN3O4. The Morgan fingerprint density at radius 2 is 1.89 bits per heavy atom. The molecule has 0 fully saturated rings. The number of amides is 1. The highest BCUT2D eigenvalue weighted by molar-refractivity contribution is 6.30. The molecule has 3 aromatic rings. The quantitative estimate of drug-likeness (QED) is 0.639. The molecule has 1 N–H and O–H groups in total. The van der Waals surface area contributed by atoms with Gasteiger partial charge in [-0.05, 0) is 36.4 Å². The number of halogens is 1. The molecule has 140 valence electrons. The van der Waals surface area contributed by atoms with E-state index in [4.69, 9.17) is 25.6 Å². The predicted octanol–water partition coefficient (Wildman–Crippen LogP) is 3.14. The van der Waals surface area contributed by atoms with Crippen LogP contribution in [0.25, 0.3) is 11.4 Å². The molecule has 7 nitrogen and oxygen atoms in total. The maximum atomic E-state index is 11.9. The van der Waals surface area contributed by atoms with Crippen molar-refractivity contribution >= 4 is 17.5 Å². The Balaban J connectivity index is 1.44. The van der Waals surface area contributed by atoms with Crippen LogP contribution in [0, 0.1) is 0 Å². The molecule has 0 unspecified atom stereocenters. The Morgan fingerprint density at radius 1 is 1.15 bits per heavy atom. The number of aromatic nitrogens is 2. The van der Waals surface area contributed by atoms with Gasteiger partial charge in [-0.3, -0.25) is 4.79 Å². The van der Waals surface area contributed by atoms with Crippen LogP contribution in [0.2, 0.25) is 5.02 Å². The highest BCUT2D eigenvalue weighted by Gasteiger charge is 2.10. The largest absolute Gasteiger partial charge is 0.493 e. The summed E-state index contributed by atoms with van der Waals surface area (Å²) >= 11 is 5.86. The van der Waals surface area contributed by atoms with Crippen LogP contribution in [0.3, 0.4) is 0 Å². The first-order valence-electron chi connectivity index (χ1n) is 8.27. The van der Waals surface area contributed by atoms with Crippen molar-refractivity contribution in [2.75, 3.05) is 20.3 Å². The number of hydrogen-bond acceptors (Lipinski definition) is 6. The van der Waals surface area contributed by atoms with Gasteiger partial charge in [0.1, 0.15) is 0 Å². The van der Waals surface area contributed by atoms with Gasteiger partial charge in [0.25, 0.3) is 5.91 Å². The lowest BCUT2D eigenvalue weighted by Gasteiger charge is -2.10. The fourth-order valence-electron chi connectivity index (χ4n) is 2.31. The van der Waals surface area contributed by atoms with Gasteiger partial charge in [0.15, 0.2) is 18.1 Å². The van der Waals surface area contributed by atoms with Gasteiger partial charge in [-0.15, -0.1) is 0 Å². The topological polar surface area (TPSA) is 86.5 Å². The molecule has 0 saturated carbocycles. The summed E-state index contributed by atoms with van der Waals surface area (Å²) in [5, 5.41) is 7.31. The SMILES string of the molecule is COc1ccccc1OCC(=O)NCCc1nc(-c2ccc(Cl)cc2)no1. The zero-order valence-electron chi connectivity index (χ0n) is 14.6. The van der Waals surface area contributed by atoms with Gasteiger partial charge in [-0.1, -0.05) is 28.9 Å². The zero-order chi connectivity index (χ0) is 19.1. The monoisotopic (exact) mass is 387 g/mol. The second-order valence-corrected chi connectivity index (χ2v) is 5.99. The van der Waals surface area contributed by atoms with Crippen LogP contribution < -0.4 is 14.8 Å². The fraction of sp³-hybridized carbons (Fsp3) is 0.211. The van der Waals surface area contributed by atoms with E-state index in [9.17, 15) is 4.79 Å². The van der Waals surface area contributed by atoms with Crippen molar-refractivity contribution in [3.8, 4) is 22.9 Å². The van der Waals surface area contributed by atoms with Crippen LogP contribution in [0.1, 0.15) is 5.89 Å². The zero-order valence-corrected chi connectivity index (χ0v) is 15.4. The Morgan fingerprint density at radius 3 is 2.63 bits per heavy atom. The Hall–Kier alpha value is -3.06. The number of ether oxygens (including phenoxy) is 2. The predicted molar refractivity (Wildman–Crippen MR) is 99.9 cm³/mol. The lowest BCUT2D eigenvalue weighted by molar-refractivity contribution is -0.123. The molecule has 1 aromatic heterocycles. The number of rotatable bonds is 8. The van der Waals surface area contributed by atoms with Crippen LogP contribution >= 0.6 is 11.6 Å². The molecule has 0 radical (unpaired) electrons. The first-order chi connectivity index (χ1) is 13.2. The Labute approximate surface area is 161 Å². The van der Waals surface area contributed by atoms with Crippen molar-refractivity contribution in [3.05, 3.63) is 59.4 Å². The average Bonchev–Trinajstić information content (AvgIpc) is 3.16. The third kappa shape index (κ3) is 5.21. The Kier molecular flexibility index (Phi) is 6.27. The van der Waals surface area contributed by atoms with Crippen molar-refractivity contribution in [2.24, 2.45) is 0 Å². The summed E-state index contributed by atoms with van der Waals surface area (Å²) in [6.07, 6.45) is 0.418. The van der Waals surface area contributed by atoms with Crippen molar-refractivity contribution < 1.29 is 18.8 Å². The van der Waals surface area contributed by atoms with Gasteiger partial charge in [0, 0.05) is 23.6 Å².